The molecular weight excluding hydrogens is 312 g/mol. The SMILES string of the molecule is CC(CCl)CS(=O)(=O)Nc1cccc(S(N)(=O)=O)c1. The molecule has 3 N–H and O–H groups in total. The van der Waals surface area contributed by atoms with E-state index in [2.05, 4.69) is 4.72 Å². The smallest absolute Gasteiger partial charge is 0.238 e. The quantitative estimate of drug-likeness (QED) is 0.759. The van der Waals surface area contributed by atoms with Crippen molar-refractivity contribution in [3.63, 3.8) is 0 Å². The van der Waals surface area contributed by atoms with Gasteiger partial charge in [-0.05, 0) is 24.1 Å². The summed E-state index contributed by atoms with van der Waals surface area (Å²) in [7, 11) is -7.44. The first-order valence-electron chi connectivity index (χ1n) is 5.33. The Morgan fingerprint density at radius 2 is 1.95 bits per heavy atom. The lowest BCUT2D eigenvalue weighted by atomic mass is 10.3. The van der Waals surface area contributed by atoms with Gasteiger partial charge in [0.1, 0.15) is 0 Å². The van der Waals surface area contributed by atoms with Gasteiger partial charge in [-0.1, -0.05) is 13.0 Å². The Morgan fingerprint density at radius 1 is 1.32 bits per heavy atom. The number of rotatable bonds is 6. The average molecular weight is 327 g/mol. The van der Waals surface area contributed by atoms with Crippen LogP contribution in [-0.4, -0.2) is 28.5 Å². The third-order valence-electron chi connectivity index (χ3n) is 2.20. The summed E-state index contributed by atoms with van der Waals surface area (Å²) in [4.78, 5) is -0.155. The number of benzene rings is 1. The highest BCUT2D eigenvalue weighted by Gasteiger charge is 2.16. The highest BCUT2D eigenvalue weighted by molar-refractivity contribution is 7.92. The number of halogens is 1. The molecule has 0 fully saturated rings. The molecule has 0 aliphatic carbocycles. The van der Waals surface area contributed by atoms with E-state index in [9.17, 15) is 16.8 Å². The average Bonchev–Trinajstić information content (AvgIpc) is 2.26. The molecule has 1 aromatic rings. The predicted molar refractivity (Wildman–Crippen MR) is 75.1 cm³/mol. The van der Waals surface area contributed by atoms with Gasteiger partial charge in [-0.3, -0.25) is 4.72 Å². The minimum atomic E-state index is -3.86. The second-order valence-corrected chi connectivity index (χ2v) is 7.85. The standard InChI is InChI=1S/C10H15ClN2O4S2/c1-8(6-11)7-18(14,15)13-9-3-2-4-10(5-9)19(12,16)17/h2-5,8,13H,6-7H2,1H3,(H2,12,16,17). The Balaban J connectivity index is 2.95. The first-order chi connectivity index (χ1) is 8.64. The molecule has 1 rings (SSSR count). The Hall–Kier alpha value is -0.830. The van der Waals surface area contributed by atoms with E-state index >= 15 is 0 Å². The van der Waals surface area contributed by atoms with Crippen molar-refractivity contribution in [3.05, 3.63) is 24.3 Å². The maximum absolute atomic E-state index is 11.8. The number of nitrogens with two attached hydrogens (primary N) is 1. The maximum atomic E-state index is 11.8. The number of nitrogens with one attached hydrogen (secondary N) is 1. The Bertz CT molecular complexity index is 643. The zero-order chi connectivity index (χ0) is 14.7. The van der Waals surface area contributed by atoms with Crippen LogP contribution in [0.2, 0.25) is 0 Å². The molecule has 9 heteroatoms. The lowest BCUT2D eigenvalue weighted by Crippen LogP contribution is -2.22. The van der Waals surface area contributed by atoms with E-state index in [4.69, 9.17) is 16.7 Å². The van der Waals surface area contributed by atoms with Crippen molar-refractivity contribution in [1.29, 1.82) is 0 Å². The summed E-state index contributed by atoms with van der Waals surface area (Å²) < 4.78 is 48.2. The molecule has 108 valence electrons. The molecule has 0 aliphatic heterocycles. The van der Waals surface area contributed by atoms with Gasteiger partial charge in [0.15, 0.2) is 0 Å². The summed E-state index contributed by atoms with van der Waals surface area (Å²) in [6.45, 7) is 1.70. The van der Waals surface area contributed by atoms with Crippen LogP contribution in [0.25, 0.3) is 0 Å². The summed E-state index contributed by atoms with van der Waals surface area (Å²) in [6.07, 6.45) is 0. The third-order valence-corrected chi connectivity index (χ3v) is 5.20. The largest absolute Gasteiger partial charge is 0.284 e. The topological polar surface area (TPSA) is 106 Å². The minimum Gasteiger partial charge on any atom is -0.284 e. The second-order valence-electron chi connectivity index (χ2n) is 4.22. The molecule has 0 radical (unpaired) electrons. The molecule has 1 aromatic carbocycles. The van der Waals surface area contributed by atoms with Crippen LogP contribution in [0.5, 0.6) is 0 Å². The minimum absolute atomic E-state index is 0.143. The van der Waals surface area contributed by atoms with E-state index in [1.54, 1.807) is 6.92 Å². The van der Waals surface area contributed by atoms with Crippen LogP contribution in [0, 0.1) is 5.92 Å². The first-order valence-corrected chi connectivity index (χ1v) is 9.06. The van der Waals surface area contributed by atoms with Crippen LogP contribution >= 0.6 is 11.6 Å². The lowest BCUT2D eigenvalue weighted by Gasteiger charge is -2.11. The monoisotopic (exact) mass is 326 g/mol. The van der Waals surface area contributed by atoms with Gasteiger partial charge in [0.2, 0.25) is 20.0 Å². The molecule has 0 saturated carbocycles. The first kappa shape index (κ1) is 16.2. The molecule has 0 spiro atoms. The summed E-state index contributed by atoms with van der Waals surface area (Å²) in [5, 5.41) is 4.97. The molecule has 6 nitrogen and oxygen atoms in total. The van der Waals surface area contributed by atoms with Crippen LogP contribution in [0.15, 0.2) is 29.2 Å². The molecule has 19 heavy (non-hydrogen) atoms. The van der Waals surface area contributed by atoms with Crippen molar-refractivity contribution >= 4 is 37.3 Å². The van der Waals surface area contributed by atoms with Crippen LogP contribution < -0.4 is 9.86 Å². The molecule has 0 heterocycles. The van der Waals surface area contributed by atoms with E-state index in [-0.39, 0.29) is 28.1 Å². The van der Waals surface area contributed by atoms with Crippen LogP contribution in [0.4, 0.5) is 5.69 Å². The summed E-state index contributed by atoms with van der Waals surface area (Å²) in [6, 6.07) is 5.30. The molecule has 0 aliphatic rings. The molecule has 0 saturated heterocycles. The number of hydrogen-bond acceptors (Lipinski definition) is 4. The summed E-state index contributed by atoms with van der Waals surface area (Å²) >= 11 is 5.56. The lowest BCUT2D eigenvalue weighted by molar-refractivity contribution is 0.587. The van der Waals surface area contributed by atoms with Gasteiger partial charge in [0.25, 0.3) is 0 Å². The Labute approximate surface area is 118 Å². The van der Waals surface area contributed by atoms with Gasteiger partial charge in [0.05, 0.1) is 10.6 Å². The maximum Gasteiger partial charge on any atom is 0.238 e. The summed E-state index contributed by atoms with van der Waals surface area (Å²) in [5.74, 6) is -0.130. The Morgan fingerprint density at radius 3 is 2.47 bits per heavy atom. The number of anilines is 1. The van der Waals surface area contributed by atoms with Crippen LogP contribution in [-0.2, 0) is 20.0 Å². The fourth-order valence-corrected chi connectivity index (χ4v) is 3.61. The zero-order valence-corrected chi connectivity index (χ0v) is 12.6. The van der Waals surface area contributed by atoms with E-state index in [0.717, 1.165) is 6.07 Å². The summed E-state index contributed by atoms with van der Waals surface area (Å²) in [5.41, 5.74) is 0.147. The molecule has 0 aromatic heterocycles. The molecular formula is C10H15ClN2O4S2. The van der Waals surface area contributed by atoms with E-state index < -0.39 is 20.0 Å². The van der Waals surface area contributed by atoms with Crippen molar-refractivity contribution in [2.24, 2.45) is 11.1 Å². The number of hydrogen-bond donors (Lipinski definition) is 2. The normalized spacial score (nSPS) is 14.1. The van der Waals surface area contributed by atoms with Gasteiger partial charge >= 0.3 is 0 Å². The molecule has 1 atom stereocenters. The van der Waals surface area contributed by atoms with Crippen LogP contribution in [0.1, 0.15) is 6.92 Å². The fraction of sp³-hybridized carbons (Fsp3) is 0.400. The van der Waals surface area contributed by atoms with Gasteiger partial charge in [0, 0.05) is 11.6 Å². The highest BCUT2D eigenvalue weighted by atomic mass is 35.5. The highest BCUT2D eigenvalue weighted by Crippen LogP contribution is 2.16. The number of sulfonamides is 2. The zero-order valence-electron chi connectivity index (χ0n) is 10.2. The van der Waals surface area contributed by atoms with Crippen molar-refractivity contribution in [3.8, 4) is 0 Å². The van der Waals surface area contributed by atoms with E-state index in [0.29, 0.717) is 0 Å². The number of primary sulfonamides is 1. The molecule has 0 amide bonds. The number of alkyl halides is 1. The van der Waals surface area contributed by atoms with Gasteiger partial charge in [-0.15, -0.1) is 11.6 Å². The predicted octanol–water partition coefficient (Wildman–Crippen LogP) is 0.951. The van der Waals surface area contributed by atoms with Crippen molar-refractivity contribution < 1.29 is 16.8 Å². The van der Waals surface area contributed by atoms with Gasteiger partial charge in [-0.2, -0.15) is 0 Å². The van der Waals surface area contributed by atoms with Crippen molar-refractivity contribution in [2.75, 3.05) is 16.4 Å². The fourth-order valence-electron chi connectivity index (χ4n) is 1.38. The van der Waals surface area contributed by atoms with Crippen molar-refractivity contribution in [2.45, 2.75) is 11.8 Å². The van der Waals surface area contributed by atoms with Gasteiger partial charge in [-0.25, -0.2) is 22.0 Å². The van der Waals surface area contributed by atoms with E-state index in [1.807, 2.05) is 0 Å². The second kappa shape index (κ2) is 6.08. The van der Waals surface area contributed by atoms with Crippen LogP contribution in [0.3, 0.4) is 0 Å². The van der Waals surface area contributed by atoms with Crippen molar-refractivity contribution in [1.82, 2.24) is 0 Å². The third kappa shape index (κ3) is 5.35. The molecule has 1 unspecified atom stereocenters. The van der Waals surface area contributed by atoms with Gasteiger partial charge < -0.3 is 0 Å². The molecule has 0 bridgehead atoms. The Kier molecular flexibility index (Phi) is 5.19. The van der Waals surface area contributed by atoms with E-state index in [1.165, 1.54) is 18.2 Å².